The van der Waals surface area contributed by atoms with Crippen molar-refractivity contribution in [3.05, 3.63) is 57.1 Å². The number of alkyl halides is 1. The average molecular weight is 408 g/mol. The van der Waals surface area contributed by atoms with Crippen molar-refractivity contribution in [3.63, 3.8) is 0 Å². The molecule has 1 fully saturated rings. The lowest BCUT2D eigenvalue weighted by molar-refractivity contribution is 0.136. The molecule has 2 aliphatic rings. The van der Waals surface area contributed by atoms with Crippen molar-refractivity contribution < 1.29 is 8.78 Å². The van der Waals surface area contributed by atoms with Gasteiger partial charge in [-0.1, -0.05) is 6.07 Å². The van der Waals surface area contributed by atoms with E-state index in [1.165, 1.54) is 6.07 Å². The molecule has 0 saturated heterocycles. The molecular formula is C19H20BrF2N3. The summed E-state index contributed by atoms with van der Waals surface area (Å²) in [5.41, 5.74) is 9.15. The molecule has 2 N–H and O–H groups in total. The van der Waals surface area contributed by atoms with Crippen LogP contribution in [0.1, 0.15) is 41.3 Å². The van der Waals surface area contributed by atoms with Crippen LogP contribution in [0.4, 0.5) is 14.5 Å². The molecule has 0 radical (unpaired) electrons. The third kappa shape index (κ3) is 3.06. The predicted octanol–water partition coefficient (Wildman–Crippen LogP) is 4.32. The summed E-state index contributed by atoms with van der Waals surface area (Å²) in [6.07, 6.45) is 3.55. The van der Waals surface area contributed by atoms with Crippen molar-refractivity contribution in [2.24, 2.45) is 0 Å². The highest BCUT2D eigenvalue weighted by molar-refractivity contribution is 9.10. The molecule has 1 saturated carbocycles. The number of hydrogen-bond acceptors (Lipinski definition) is 3. The van der Waals surface area contributed by atoms with E-state index in [1.807, 2.05) is 24.0 Å². The Morgan fingerprint density at radius 2 is 2.16 bits per heavy atom. The molecule has 0 bridgehead atoms. The van der Waals surface area contributed by atoms with Gasteiger partial charge in [0, 0.05) is 29.4 Å². The first kappa shape index (κ1) is 16.9. The highest BCUT2D eigenvalue weighted by Gasteiger charge is 2.47. The quantitative estimate of drug-likeness (QED) is 0.770. The van der Waals surface area contributed by atoms with Gasteiger partial charge in [-0.3, -0.25) is 9.88 Å². The fourth-order valence-corrected chi connectivity index (χ4v) is 4.04. The van der Waals surface area contributed by atoms with Crippen LogP contribution in [0.15, 0.2) is 28.9 Å². The minimum atomic E-state index is -1.13. The molecule has 2 aromatic rings. The van der Waals surface area contributed by atoms with Crippen LogP contribution in [0.3, 0.4) is 0 Å². The van der Waals surface area contributed by atoms with Crippen LogP contribution in [0.5, 0.6) is 0 Å². The van der Waals surface area contributed by atoms with Crippen LogP contribution in [0.25, 0.3) is 0 Å². The number of pyridine rings is 1. The minimum Gasteiger partial charge on any atom is -0.399 e. The number of aromatic nitrogens is 1. The third-order valence-electron chi connectivity index (χ3n) is 5.36. The second kappa shape index (κ2) is 6.02. The Kier molecular flexibility index (Phi) is 4.07. The summed E-state index contributed by atoms with van der Waals surface area (Å²) in [5, 5.41) is 0. The standard InChI is InChI=1S/C19H20BrF2N3/c1-11-13-4-7-25(10-19(22)5-6-19)18(14(13)2-3-16(11)23)17-15(21)8-12(20)9-24-17/h2-3,8-9,18H,4-7,10,23H2,1H3. The molecule has 4 rings (SSSR count). The van der Waals surface area contributed by atoms with Gasteiger partial charge in [-0.25, -0.2) is 8.78 Å². The minimum absolute atomic E-state index is 0.317. The first-order chi connectivity index (χ1) is 11.9. The fourth-order valence-electron chi connectivity index (χ4n) is 3.74. The van der Waals surface area contributed by atoms with Gasteiger partial charge >= 0.3 is 0 Å². The number of fused-ring (bicyclic) bond motifs is 1. The molecule has 1 aromatic heterocycles. The Labute approximate surface area is 154 Å². The Morgan fingerprint density at radius 1 is 1.40 bits per heavy atom. The van der Waals surface area contributed by atoms with Gasteiger partial charge in [-0.05, 0) is 70.9 Å². The molecule has 3 nitrogen and oxygen atoms in total. The van der Waals surface area contributed by atoms with Crippen molar-refractivity contribution in [1.82, 2.24) is 9.88 Å². The van der Waals surface area contributed by atoms with Gasteiger partial charge < -0.3 is 5.73 Å². The Bertz CT molecular complexity index is 836. The van der Waals surface area contributed by atoms with Gasteiger partial charge in [0.15, 0.2) is 0 Å². The van der Waals surface area contributed by atoms with E-state index in [1.54, 1.807) is 6.20 Å². The van der Waals surface area contributed by atoms with Gasteiger partial charge in [0.2, 0.25) is 0 Å². The number of hydrogen-bond donors (Lipinski definition) is 1. The Hall–Kier alpha value is -1.53. The van der Waals surface area contributed by atoms with E-state index in [4.69, 9.17) is 5.73 Å². The number of nitrogen functional groups attached to an aromatic ring is 1. The van der Waals surface area contributed by atoms with E-state index < -0.39 is 5.67 Å². The smallest absolute Gasteiger partial charge is 0.147 e. The normalized spacial score (nSPS) is 21.8. The van der Waals surface area contributed by atoms with Gasteiger partial charge in [-0.2, -0.15) is 0 Å². The van der Waals surface area contributed by atoms with E-state index in [-0.39, 0.29) is 11.9 Å². The molecule has 6 heteroatoms. The summed E-state index contributed by atoms with van der Waals surface area (Å²) in [7, 11) is 0. The number of nitrogens with zero attached hydrogens (tertiary/aromatic N) is 2. The van der Waals surface area contributed by atoms with Crippen molar-refractivity contribution in [2.45, 2.75) is 37.9 Å². The molecule has 1 aliphatic carbocycles. The Balaban J connectivity index is 1.83. The van der Waals surface area contributed by atoms with Crippen LogP contribution in [0, 0.1) is 12.7 Å². The summed E-state index contributed by atoms with van der Waals surface area (Å²) in [5.74, 6) is -0.379. The summed E-state index contributed by atoms with van der Waals surface area (Å²) >= 11 is 3.25. The highest BCUT2D eigenvalue weighted by atomic mass is 79.9. The maximum absolute atomic E-state index is 14.7. The van der Waals surface area contributed by atoms with Crippen LogP contribution >= 0.6 is 15.9 Å². The first-order valence-corrected chi connectivity index (χ1v) is 9.29. The van der Waals surface area contributed by atoms with E-state index in [9.17, 15) is 8.78 Å². The lowest BCUT2D eigenvalue weighted by Crippen LogP contribution is -2.41. The summed E-state index contributed by atoms with van der Waals surface area (Å²) in [4.78, 5) is 6.37. The van der Waals surface area contributed by atoms with Crippen molar-refractivity contribution >= 4 is 21.6 Å². The zero-order valence-electron chi connectivity index (χ0n) is 14.0. The molecule has 1 aromatic carbocycles. The second-order valence-electron chi connectivity index (χ2n) is 7.14. The maximum Gasteiger partial charge on any atom is 0.147 e. The fraction of sp³-hybridized carbons (Fsp3) is 0.421. The maximum atomic E-state index is 14.7. The lowest BCUT2D eigenvalue weighted by atomic mass is 9.86. The SMILES string of the molecule is Cc1c(N)ccc2c1CCN(CC1(F)CC1)C2c1ncc(Br)cc1F. The number of halogens is 3. The van der Waals surface area contributed by atoms with E-state index in [0.29, 0.717) is 36.1 Å². The van der Waals surface area contributed by atoms with E-state index in [0.717, 1.165) is 28.8 Å². The largest absolute Gasteiger partial charge is 0.399 e. The number of benzene rings is 1. The Morgan fingerprint density at radius 3 is 2.84 bits per heavy atom. The molecule has 1 unspecified atom stereocenters. The zero-order chi connectivity index (χ0) is 17.8. The topological polar surface area (TPSA) is 42.1 Å². The third-order valence-corrected chi connectivity index (χ3v) is 5.79. The summed E-state index contributed by atoms with van der Waals surface area (Å²) in [6, 6.07) is 4.82. The molecule has 1 aliphatic heterocycles. The summed E-state index contributed by atoms with van der Waals surface area (Å²) < 4.78 is 29.8. The van der Waals surface area contributed by atoms with Crippen LogP contribution in [0.2, 0.25) is 0 Å². The molecule has 1 atom stereocenters. The molecule has 132 valence electrons. The van der Waals surface area contributed by atoms with Crippen LogP contribution < -0.4 is 5.73 Å². The average Bonchev–Trinajstić information content (AvgIpc) is 3.29. The summed E-state index contributed by atoms with van der Waals surface area (Å²) in [6.45, 7) is 2.98. The van der Waals surface area contributed by atoms with Crippen molar-refractivity contribution in [3.8, 4) is 0 Å². The van der Waals surface area contributed by atoms with E-state index in [2.05, 4.69) is 20.9 Å². The van der Waals surface area contributed by atoms with Gasteiger partial charge in [0.05, 0.1) is 11.7 Å². The van der Waals surface area contributed by atoms with Gasteiger partial charge in [0.1, 0.15) is 11.5 Å². The van der Waals surface area contributed by atoms with Gasteiger partial charge in [0.25, 0.3) is 0 Å². The first-order valence-electron chi connectivity index (χ1n) is 8.50. The van der Waals surface area contributed by atoms with Crippen LogP contribution in [-0.4, -0.2) is 28.6 Å². The number of anilines is 1. The van der Waals surface area contributed by atoms with E-state index >= 15 is 0 Å². The molecule has 0 spiro atoms. The molecule has 2 heterocycles. The number of nitrogens with two attached hydrogens (primary N) is 1. The number of rotatable bonds is 3. The molecule has 25 heavy (non-hydrogen) atoms. The van der Waals surface area contributed by atoms with Crippen molar-refractivity contribution in [2.75, 3.05) is 18.8 Å². The predicted molar refractivity (Wildman–Crippen MR) is 97.7 cm³/mol. The van der Waals surface area contributed by atoms with Crippen molar-refractivity contribution in [1.29, 1.82) is 0 Å². The zero-order valence-corrected chi connectivity index (χ0v) is 15.6. The molecular weight excluding hydrogens is 388 g/mol. The molecule has 0 amide bonds. The lowest BCUT2D eigenvalue weighted by Gasteiger charge is -2.38. The second-order valence-corrected chi connectivity index (χ2v) is 8.06. The van der Waals surface area contributed by atoms with Gasteiger partial charge in [-0.15, -0.1) is 0 Å². The highest BCUT2D eigenvalue weighted by Crippen LogP contribution is 2.45. The van der Waals surface area contributed by atoms with Crippen LogP contribution in [-0.2, 0) is 6.42 Å². The monoisotopic (exact) mass is 407 g/mol.